The number of aryl methyl sites for hydroxylation is 1. The molecule has 0 unspecified atom stereocenters. The monoisotopic (exact) mass is 478 g/mol. The number of ether oxygens (including phenoxy) is 2. The lowest BCUT2D eigenvalue weighted by atomic mass is 9.75. The summed E-state index contributed by atoms with van der Waals surface area (Å²) in [4.78, 5) is 40.5. The number of hydrogen-bond donors (Lipinski definition) is 0. The summed E-state index contributed by atoms with van der Waals surface area (Å²) >= 11 is 1.32. The normalized spacial score (nSPS) is 24.7. The van der Waals surface area contributed by atoms with Gasteiger partial charge in [0.1, 0.15) is 5.92 Å². The summed E-state index contributed by atoms with van der Waals surface area (Å²) in [7, 11) is 0. The molecule has 1 saturated carbocycles. The van der Waals surface area contributed by atoms with Gasteiger partial charge in [0.25, 0.3) is 0 Å². The summed E-state index contributed by atoms with van der Waals surface area (Å²) in [6, 6.07) is 6.18. The van der Waals surface area contributed by atoms with Crippen LogP contribution in [0.3, 0.4) is 0 Å². The Hall–Kier alpha value is -2.62. The van der Waals surface area contributed by atoms with Gasteiger partial charge in [0.05, 0.1) is 30.0 Å². The van der Waals surface area contributed by atoms with Crippen LogP contribution >= 0.6 is 11.8 Å². The zero-order chi connectivity index (χ0) is 24.5. The first-order chi connectivity index (χ1) is 15.8. The van der Waals surface area contributed by atoms with Crippen LogP contribution in [0.25, 0.3) is 10.4 Å². The number of carbonyl (C=O) groups is 2. The average molecular weight is 479 g/mol. The number of nitrogens with zero attached hydrogens (tertiary/aromatic N) is 4. The molecule has 1 aromatic carbocycles. The van der Waals surface area contributed by atoms with Crippen LogP contribution in [0.5, 0.6) is 0 Å². The van der Waals surface area contributed by atoms with Gasteiger partial charge in [-0.2, -0.15) is 0 Å². The van der Waals surface area contributed by atoms with Crippen molar-refractivity contribution >= 4 is 23.6 Å². The molecule has 1 aliphatic carbocycles. The van der Waals surface area contributed by atoms with Crippen LogP contribution in [-0.4, -0.2) is 46.9 Å². The lowest BCUT2D eigenvalue weighted by Crippen LogP contribution is -2.57. The number of nitro groups is 1. The molecular formula is C22H30N4O6S. The molecule has 1 fully saturated rings. The Morgan fingerprint density at radius 1 is 1.27 bits per heavy atom. The van der Waals surface area contributed by atoms with Crippen molar-refractivity contribution in [1.29, 1.82) is 0 Å². The summed E-state index contributed by atoms with van der Waals surface area (Å²) in [6.07, 6.45) is -0.284. The predicted octanol–water partition coefficient (Wildman–Crippen LogP) is 4.71. The van der Waals surface area contributed by atoms with E-state index in [1.807, 2.05) is 45.0 Å². The highest BCUT2D eigenvalue weighted by Crippen LogP contribution is 2.44. The van der Waals surface area contributed by atoms with Gasteiger partial charge in [0, 0.05) is 21.2 Å². The molecule has 33 heavy (non-hydrogen) atoms. The van der Waals surface area contributed by atoms with E-state index in [0.717, 1.165) is 10.5 Å². The number of rotatable bonds is 10. The molecule has 0 spiro atoms. The Kier molecular flexibility index (Phi) is 10.1. The van der Waals surface area contributed by atoms with E-state index in [2.05, 4.69) is 10.0 Å². The molecule has 5 atom stereocenters. The van der Waals surface area contributed by atoms with E-state index < -0.39 is 46.0 Å². The molecular weight excluding hydrogens is 448 g/mol. The van der Waals surface area contributed by atoms with Crippen molar-refractivity contribution in [3.63, 3.8) is 0 Å². The van der Waals surface area contributed by atoms with Crippen molar-refractivity contribution in [1.82, 2.24) is 0 Å². The number of azide groups is 1. The van der Waals surface area contributed by atoms with E-state index in [0.29, 0.717) is 12.8 Å². The van der Waals surface area contributed by atoms with E-state index in [1.54, 1.807) is 6.92 Å². The van der Waals surface area contributed by atoms with Crippen LogP contribution in [0.1, 0.15) is 45.6 Å². The molecule has 0 bridgehead atoms. The second-order valence-electron chi connectivity index (χ2n) is 7.94. The first-order valence-electron chi connectivity index (χ1n) is 11.0. The molecule has 0 aromatic heterocycles. The zero-order valence-electron chi connectivity index (χ0n) is 19.2. The first kappa shape index (κ1) is 26.6. The van der Waals surface area contributed by atoms with Crippen molar-refractivity contribution in [3.05, 3.63) is 50.4 Å². The maximum atomic E-state index is 12.9. The van der Waals surface area contributed by atoms with Crippen LogP contribution < -0.4 is 0 Å². The second-order valence-corrected chi connectivity index (χ2v) is 9.19. The standard InChI is InChI=1S/C22H30N4O6S/c1-5-14(6-2)32-19-18(21(27)24-25-23)17(26(29)30)12-16(22(28)31-7-3)20(19)33-15-10-8-13(4)9-11-15/h8-11,14,16-20H,5-7,12H2,1-4H3/t16-,17+,18-,19+,20-/m1/s1. The summed E-state index contributed by atoms with van der Waals surface area (Å²) in [5, 5.41) is 14.5. The van der Waals surface area contributed by atoms with Gasteiger partial charge in [-0.25, -0.2) is 0 Å². The summed E-state index contributed by atoms with van der Waals surface area (Å²) in [5.41, 5.74) is 9.89. The SMILES string of the molecule is CCOC(=O)[C@@H]1C[C@H]([N+](=O)[O-])[C@@H](C(=O)N=[N+]=[N-])[C@H](OC(CC)CC)[C@@H]1Sc1ccc(C)cc1. The van der Waals surface area contributed by atoms with Crippen LogP contribution in [0.4, 0.5) is 0 Å². The Morgan fingerprint density at radius 2 is 1.91 bits per heavy atom. The third kappa shape index (κ3) is 6.69. The molecule has 180 valence electrons. The van der Waals surface area contributed by atoms with Gasteiger partial charge in [-0.1, -0.05) is 31.5 Å². The fourth-order valence-corrected chi connectivity index (χ4v) is 5.46. The fourth-order valence-electron chi connectivity index (χ4n) is 4.09. The van der Waals surface area contributed by atoms with Crippen LogP contribution in [0, 0.1) is 28.9 Å². The molecule has 0 aliphatic heterocycles. The molecule has 0 radical (unpaired) electrons. The summed E-state index contributed by atoms with van der Waals surface area (Å²) in [6.45, 7) is 7.57. The molecule has 1 amide bonds. The Labute approximate surface area is 197 Å². The third-order valence-electron chi connectivity index (χ3n) is 5.83. The minimum Gasteiger partial charge on any atom is -0.466 e. The lowest BCUT2D eigenvalue weighted by molar-refractivity contribution is -0.536. The highest BCUT2D eigenvalue weighted by molar-refractivity contribution is 8.00. The van der Waals surface area contributed by atoms with Crippen molar-refractivity contribution in [3.8, 4) is 0 Å². The van der Waals surface area contributed by atoms with Gasteiger partial charge in [-0.05, 0) is 49.5 Å². The highest BCUT2D eigenvalue weighted by atomic mass is 32.2. The third-order valence-corrected chi connectivity index (χ3v) is 7.24. The minimum atomic E-state index is -1.44. The van der Waals surface area contributed by atoms with Gasteiger partial charge >= 0.3 is 5.97 Å². The van der Waals surface area contributed by atoms with E-state index in [9.17, 15) is 19.7 Å². The molecule has 2 rings (SSSR count). The molecule has 11 heteroatoms. The zero-order valence-corrected chi connectivity index (χ0v) is 20.1. The largest absolute Gasteiger partial charge is 0.466 e. The van der Waals surface area contributed by atoms with Gasteiger partial charge < -0.3 is 9.47 Å². The maximum Gasteiger partial charge on any atom is 0.310 e. The number of amides is 1. The maximum absolute atomic E-state index is 12.9. The van der Waals surface area contributed by atoms with E-state index in [1.165, 1.54) is 11.8 Å². The number of carbonyl (C=O) groups excluding carboxylic acids is 2. The molecule has 1 aliphatic rings. The Bertz CT molecular complexity index is 885. The summed E-state index contributed by atoms with van der Waals surface area (Å²) < 4.78 is 11.5. The number of thioether (sulfide) groups is 1. The second kappa shape index (κ2) is 12.6. The number of hydrogen-bond acceptors (Lipinski definition) is 7. The smallest absolute Gasteiger partial charge is 0.310 e. The number of esters is 1. The molecule has 0 heterocycles. The van der Waals surface area contributed by atoms with Crippen molar-refractivity contribution in [2.45, 2.75) is 75.4 Å². The first-order valence-corrected chi connectivity index (χ1v) is 11.9. The van der Waals surface area contributed by atoms with Gasteiger partial charge in [0.2, 0.25) is 11.9 Å². The minimum absolute atomic E-state index is 0.125. The van der Waals surface area contributed by atoms with Gasteiger partial charge in [-0.3, -0.25) is 19.7 Å². The number of benzene rings is 1. The topological polar surface area (TPSA) is 144 Å². The van der Waals surface area contributed by atoms with Crippen LogP contribution in [0.2, 0.25) is 0 Å². The quantitative estimate of drug-likeness (QED) is 0.118. The van der Waals surface area contributed by atoms with E-state index in [-0.39, 0.29) is 19.1 Å². The van der Waals surface area contributed by atoms with Crippen LogP contribution in [-0.2, 0) is 19.1 Å². The highest BCUT2D eigenvalue weighted by Gasteiger charge is 2.56. The van der Waals surface area contributed by atoms with Crippen LogP contribution in [0.15, 0.2) is 34.3 Å². The molecule has 1 aromatic rings. The van der Waals surface area contributed by atoms with Gasteiger partial charge in [-0.15, -0.1) is 11.8 Å². The Balaban J connectivity index is 2.62. The van der Waals surface area contributed by atoms with Crippen molar-refractivity contribution in [2.24, 2.45) is 17.0 Å². The van der Waals surface area contributed by atoms with Gasteiger partial charge in [0.15, 0.2) is 0 Å². The Morgan fingerprint density at radius 3 is 2.42 bits per heavy atom. The lowest BCUT2D eigenvalue weighted by Gasteiger charge is -2.42. The van der Waals surface area contributed by atoms with Crippen molar-refractivity contribution in [2.75, 3.05) is 6.61 Å². The average Bonchev–Trinajstić information content (AvgIpc) is 2.79. The summed E-state index contributed by atoms with van der Waals surface area (Å²) in [5.74, 6) is -3.71. The van der Waals surface area contributed by atoms with E-state index in [4.69, 9.17) is 15.0 Å². The predicted molar refractivity (Wildman–Crippen MR) is 123 cm³/mol. The molecule has 0 saturated heterocycles. The van der Waals surface area contributed by atoms with Crippen molar-refractivity contribution < 1.29 is 24.0 Å². The molecule has 10 nitrogen and oxygen atoms in total. The fraction of sp³-hybridized carbons (Fsp3) is 0.636. The van der Waals surface area contributed by atoms with E-state index >= 15 is 0 Å². The molecule has 0 N–H and O–H groups in total.